The summed E-state index contributed by atoms with van der Waals surface area (Å²) in [6, 6.07) is 0. The van der Waals surface area contributed by atoms with Crippen molar-refractivity contribution in [3.05, 3.63) is 15.9 Å². The molecule has 84 valence electrons. The summed E-state index contributed by atoms with van der Waals surface area (Å²) in [5.41, 5.74) is 2.24. The van der Waals surface area contributed by atoms with Gasteiger partial charge < -0.3 is 4.74 Å². The van der Waals surface area contributed by atoms with Gasteiger partial charge in [-0.1, -0.05) is 0 Å². The van der Waals surface area contributed by atoms with Gasteiger partial charge in [-0.15, -0.1) is 0 Å². The van der Waals surface area contributed by atoms with Crippen LogP contribution in [0.1, 0.15) is 31.2 Å². The van der Waals surface area contributed by atoms with Crippen molar-refractivity contribution < 1.29 is 4.74 Å². The maximum absolute atomic E-state index is 5.79. The van der Waals surface area contributed by atoms with Crippen LogP contribution in [0.15, 0.2) is 4.47 Å². The van der Waals surface area contributed by atoms with Crippen LogP contribution in [-0.4, -0.2) is 22.0 Å². The maximum Gasteiger partial charge on any atom is 0.0775 e. The van der Waals surface area contributed by atoms with E-state index >= 15 is 0 Å². The highest BCUT2D eigenvalue weighted by molar-refractivity contribution is 9.10. The third-order valence-electron chi connectivity index (χ3n) is 2.99. The van der Waals surface area contributed by atoms with E-state index < -0.39 is 0 Å². The molecule has 0 bridgehead atoms. The van der Waals surface area contributed by atoms with Gasteiger partial charge in [-0.25, -0.2) is 0 Å². The predicted octanol–water partition coefficient (Wildman–Crippen LogP) is 2.83. The van der Waals surface area contributed by atoms with Crippen LogP contribution < -0.4 is 0 Å². The zero-order chi connectivity index (χ0) is 11.0. The zero-order valence-corrected chi connectivity index (χ0v) is 11.0. The highest BCUT2D eigenvalue weighted by atomic mass is 79.9. The fourth-order valence-electron chi connectivity index (χ4n) is 2.07. The Labute approximate surface area is 98.9 Å². The number of halogens is 1. The molecule has 2 rings (SSSR count). The molecule has 1 aliphatic heterocycles. The van der Waals surface area contributed by atoms with Crippen LogP contribution in [0.2, 0.25) is 0 Å². The lowest BCUT2D eigenvalue weighted by Crippen LogP contribution is -2.18. The molecule has 0 saturated carbocycles. The molecule has 1 aliphatic rings. The minimum Gasteiger partial charge on any atom is -0.373 e. The molecule has 1 saturated heterocycles. The molecule has 0 N–H and O–H groups in total. The van der Waals surface area contributed by atoms with E-state index in [1.54, 1.807) is 0 Å². The van der Waals surface area contributed by atoms with Crippen molar-refractivity contribution in [2.45, 2.75) is 52.4 Å². The molecule has 15 heavy (non-hydrogen) atoms. The minimum atomic E-state index is 0.338. The molecule has 0 aromatic carbocycles. The van der Waals surface area contributed by atoms with E-state index in [1.165, 1.54) is 12.1 Å². The second kappa shape index (κ2) is 4.26. The Morgan fingerprint density at radius 2 is 2.20 bits per heavy atom. The maximum atomic E-state index is 5.79. The van der Waals surface area contributed by atoms with Crippen LogP contribution >= 0.6 is 15.9 Å². The Hall–Kier alpha value is -0.350. The van der Waals surface area contributed by atoms with Crippen molar-refractivity contribution in [1.29, 1.82) is 0 Å². The third kappa shape index (κ3) is 2.26. The lowest BCUT2D eigenvalue weighted by Gasteiger charge is -2.12. The normalized spacial score (nSPS) is 26.1. The van der Waals surface area contributed by atoms with Gasteiger partial charge >= 0.3 is 0 Å². The summed E-state index contributed by atoms with van der Waals surface area (Å²) in [6.07, 6.45) is 3.07. The third-order valence-corrected chi connectivity index (χ3v) is 4.14. The van der Waals surface area contributed by atoms with E-state index in [-0.39, 0.29) is 0 Å². The molecule has 1 fully saturated rings. The number of hydrogen-bond acceptors (Lipinski definition) is 2. The Morgan fingerprint density at radius 3 is 2.67 bits per heavy atom. The summed E-state index contributed by atoms with van der Waals surface area (Å²) in [5, 5.41) is 4.49. The van der Waals surface area contributed by atoms with Gasteiger partial charge in [0.05, 0.1) is 28.9 Å². The smallest absolute Gasteiger partial charge is 0.0775 e. The van der Waals surface area contributed by atoms with E-state index in [2.05, 4.69) is 34.9 Å². The number of aryl methyl sites for hydroxylation is 1. The molecule has 0 spiro atoms. The number of nitrogens with zero attached hydrogens (tertiary/aromatic N) is 2. The SMILES string of the molecule is Cc1nn(CC2CCC(C)O2)c(C)c1Br. The number of rotatable bonds is 2. The fraction of sp³-hybridized carbons (Fsp3) is 0.727. The molecule has 2 heterocycles. The highest BCUT2D eigenvalue weighted by Crippen LogP contribution is 2.24. The zero-order valence-electron chi connectivity index (χ0n) is 9.46. The Morgan fingerprint density at radius 1 is 1.47 bits per heavy atom. The van der Waals surface area contributed by atoms with E-state index in [0.29, 0.717) is 12.2 Å². The number of aromatic nitrogens is 2. The van der Waals surface area contributed by atoms with Crippen LogP contribution in [0.4, 0.5) is 0 Å². The molecule has 4 heteroatoms. The van der Waals surface area contributed by atoms with Gasteiger partial charge in [0.25, 0.3) is 0 Å². The van der Waals surface area contributed by atoms with Gasteiger partial charge in [0, 0.05) is 5.69 Å². The quantitative estimate of drug-likeness (QED) is 0.828. The second-order valence-electron chi connectivity index (χ2n) is 4.31. The first kappa shape index (κ1) is 11.1. The standard InChI is InChI=1S/C11H17BrN2O/c1-7-4-5-10(15-7)6-14-9(3)11(12)8(2)13-14/h7,10H,4-6H2,1-3H3. The van der Waals surface area contributed by atoms with Gasteiger partial charge in [0.15, 0.2) is 0 Å². The van der Waals surface area contributed by atoms with E-state index in [4.69, 9.17) is 4.74 Å². The lowest BCUT2D eigenvalue weighted by atomic mass is 10.2. The molecule has 1 aromatic heterocycles. The summed E-state index contributed by atoms with van der Waals surface area (Å²) in [6.45, 7) is 7.12. The van der Waals surface area contributed by atoms with Crippen molar-refractivity contribution in [2.24, 2.45) is 0 Å². The van der Waals surface area contributed by atoms with Crippen molar-refractivity contribution in [1.82, 2.24) is 9.78 Å². The predicted molar refractivity (Wildman–Crippen MR) is 63.0 cm³/mol. The van der Waals surface area contributed by atoms with Crippen molar-refractivity contribution in [2.75, 3.05) is 0 Å². The Kier molecular flexibility index (Phi) is 3.16. The number of ether oxygens (including phenoxy) is 1. The van der Waals surface area contributed by atoms with Gasteiger partial charge in [0.2, 0.25) is 0 Å². The summed E-state index contributed by atoms with van der Waals surface area (Å²) in [7, 11) is 0. The van der Waals surface area contributed by atoms with Crippen LogP contribution in [0, 0.1) is 13.8 Å². The first-order valence-corrected chi connectivity index (χ1v) is 6.22. The van der Waals surface area contributed by atoms with Crippen molar-refractivity contribution >= 4 is 15.9 Å². The molecule has 3 nitrogen and oxygen atoms in total. The molecule has 2 atom stereocenters. The van der Waals surface area contributed by atoms with Crippen molar-refractivity contribution in [3.63, 3.8) is 0 Å². The van der Waals surface area contributed by atoms with Gasteiger partial charge in [-0.2, -0.15) is 5.10 Å². The monoisotopic (exact) mass is 272 g/mol. The van der Waals surface area contributed by atoms with Gasteiger partial charge in [-0.3, -0.25) is 4.68 Å². The number of hydrogen-bond donors (Lipinski definition) is 0. The Bertz CT molecular complexity index is 362. The summed E-state index contributed by atoms with van der Waals surface area (Å²) in [4.78, 5) is 0. The Balaban J connectivity index is 2.08. The molecule has 2 unspecified atom stereocenters. The molecular weight excluding hydrogens is 256 g/mol. The first-order valence-electron chi connectivity index (χ1n) is 5.43. The summed E-state index contributed by atoms with van der Waals surface area (Å²) >= 11 is 3.54. The second-order valence-corrected chi connectivity index (χ2v) is 5.11. The van der Waals surface area contributed by atoms with E-state index in [1.807, 2.05) is 11.6 Å². The van der Waals surface area contributed by atoms with Crippen LogP contribution in [0.25, 0.3) is 0 Å². The first-order chi connectivity index (χ1) is 7.08. The molecule has 0 amide bonds. The minimum absolute atomic E-state index is 0.338. The average molecular weight is 273 g/mol. The molecule has 0 radical (unpaired) electrons. The fourth-order valence-corrected chi connectivity index (χ4v) is 2.35. The highest BCUT2D eigenvalue weighted by Gasteiger charge is 2.23. The van der Waals surface area contributed by atoms with Gasteiger partial charge in [-0.05, 0) is 49.5 Å². The average Bonchev–Trinajstić information content (AvgIpc) is 2.68. The van der Waals surface area contributed by atoms with Gasteiger partial charge in [0.1, 0.15) is 0 Å². The summed E-state index contributed by atoms with van der Waals surface area (Å²) < 4.78 is 8.96. The van der Waals surface area contributed by atoms with Crippen LogP contribution in [0.5, 0.6) is 0 Å². The molecule has 0 aliphatic carbocycles. The van der Waals surface area contributed by atoms with Crippen LogP contribution in [-0.2, 0) is 11.3 Å². The van der Waals surface area contributed by atoms with E-state index in [0.717, 1.165) is 23.1 Å². The largest absolute Gasteiger partial charge is 0.373 e. The lowest BCUT2D eigenvalue weighted by molar-refractivity contribution is 0.0433. The molecular formula is C11H17BrN2O. The van der Waals surface area contributed by atoms with E-state index in [9.17, 15) is 0 Å². The van der Waals surface area contributed by atoms with Crippen molar-refractivity contribution in [3.8, 4) is 0 Å². The topological polar surface area (TPSA) is 27.1 Å². The molecule has 1 aromatic rings. The summed E-state index contributed by atoms with van der Waals surface area (Å²) in [5.74, 6) is 0. The van der Waals surface area contributed by atoms with Crippen LogP contribution in [0.3, 0.4) is 0 Å².